The topological polar surface area (TPSA) is 59.7 Å². The van der Waals surface area contributed by atoms with Crippen molar-refractivity contribution >= 4 is 11.6 Å². The molecule has 0 bridgehead atoms. The van der Waals surface area contributed by atoms with Crippen LogP contribution in [0.3, 0.4) is 0 Å². The normalized spacial score (nSPS) is 25.1. The summed E-state index contributed by atoms with van der Waals surface area (Å²) in [6, 6.07) is 5.91. The fourth-order valence-corrected chi connectivity index (χ4v) is 3.68. The lowest BCUT2D eigenvalue weighted by atomic mass is 9.96. The fourth-order valence-electron chi connectivity index (χ4n) is 3.68. The molecular formula is C17H22N4O2. The maximum absolute atomic E-state index is 12.5. The molecule has 4 rings (SSSR count). The van der Waals surface area contributed by atoms with Crippen molar-refractivity contribution < 1.29 is 9.53 Å². The van der Waals surface area contributed by atoms with Gasteiger partial charge in [0, 0.05) is 31.8 Å². The zero-order valence-corrected chi connectivity index (χ0v) is 13.2. The summed E-state index contributed by atoms with van der Waals surface area (Å²) in [5.41, 5.74) is 0.866. The molecule has 2 aliphatic heterocycles. The van der Waals surface area contributed by atoms with Crippen molar-refractivity contribution in [2.45, 2.75) is 44.1 Å². The predicted octanol–water partition coefficient (Wildman–Crippen LogP) is 2.00. The number of ether oxygens (including phenoxy) is 1. The van der Waals surface area contributed by atoms with E-state index in [1.54, 1.807) is 0 Å². The number of likely N-dealkylation sites (tertiary alicyclic amines) is 1. The minimum Gasteiger partial charge on any atom is -0.378 e. The lowest BCUT2D eigenvalue weighted by molar-refractivity contribution is -0.134. The number of rotatable bonds is 3. The number of fused-ring (bicyclic) bond motifs is 1. The Kier molecular flexibility index (Phi) is 3.99. The van der Waals surface area contributed by atoms with Crippen molar-refractivity contribution in [2.75, 3.05) is 19.7 Å². The Morgan fingerprint density at radius 2 is 2.22 bits per heavy atom. The van der Waals surface area contributed by atoms with Gasteiger partial charge in [0.2, 0.25) is 5.91 Å². The molecule has 0 N–H and O–H groups in total. The van der Waals surface area contributed by atoms with Crippen LogP contribution >= 0.6 is 0 Å². The summed E-state index contributed by atoms with van der Waals surface area (Å²) in [4.78, 5) is 14.5. The van der Waals surface area contributed by atoms with Gasteiger partial charge in [-0.1, -0.05) is 6.07 Å². The maximum atomic E-state index is 12.5. The quantitative estimate of drug-likeness (QED) is 0.869. The Morgan fingerprint density at radius 3 is 3.09 bits per heavy atom. The lowest BCUT2D eigenvalue weighted by Gasteiger charge is -2.32. The first-order valence-corrected chi connectivity index (χ1v) is 8.50. The summed E-state index contributed by atoms with van der Waals surface area (Å²) >= 11 is 0. The van der Waals surface area contributed by atoms with Gasteiger partial charge in [0.15, 0.2) is 5.65 Å². The molecular weight excluding hydrogens is 292 g/mol. The molecule has 0 aliphatic carbocycles. The molecule has 0 aromatic carbocycles. The van der Waals surface area contributed by atoms with Gasteiger partial charge in [-0.2, -0.15) is 0 Å². The molecule has 2 fully saturated rings. The third-order valence-electron chi connectivity index (χ3n) is 4.91. The summed E-state index contributed by atoms with van der Waals surface area (Å²) in [5, 5.41) is 8.60. The smallest absolute Gasteiger partial charge is 0.225 e. The Labute approximate surface area is 135 Å². The highest BCUT2D eigenvalue weighted by molar-refractivity contribution is 5.77. The molecule has 0 radical (unpaired) electrons. The van der Waals surface area contributed by atoms with Crippen molar-refractivity contribution in [3.05, 3.63) is 30.2 Å². The van der Waals surface area contributed by atoms with E-state index in [1.165, 1.54) is 0 Å². The first-order valence-electron chi connectivity index (χ1n) is 8.50. The molecule has 122 valence electrons. The number of piperidine rings is 1. The second kappa shape index (κ2) is 6.28. The minimum atomic E-state index is 0.122. The molecule has 2 aromatic rings. The number of carbonyl (C=O) groups is 1. The number of aromatic nitrogens is 3. The molecule has 2 aromatic heterocycles. The zero-order valence-electron chi connectivity index (χ0n) is 13.2. The summed E-state index contributed by atoms with van der Waals surface area (Å²) in [7, 11) is 0. The molecule has 2 atom stereocenters. The minimum absolute atomic E-state index is 0.122. The van der Waals surface area contributed by atoms with Gasteiger partial charge < -0.3 is 9.64 Å². The molecule has 23 heavy (non-hydrogen) atoms. The van der Waals surface area contributed by atoms with Crippen molar-refractivity contribution in [1.82, 2.24) is 19.5 Å². The second-order valence-electron chi connectivity index (χ2n) is 6.51. The fraction of sp³-hybridized carbons (Fsp3) is 0.588. The van der Waals surface area contributed by atoms with E-state index in [9.17, 15) is 4.79 Å². The first-order chi connectivity index (χ1) is 11.3. The van der Waals surface area contributed by atoms with E-state index >= 15 is 0 Å². The van der Waals surface area contributed by atoms with E-state index in [1.807, 2.05) is 33.7 Å². The average molecular weight is 314 g/mol. The standard InChI is InChI=1S/C17H22N4O2/c22-16(11-14-6-4-10-23-14)20-8-3-5-13(12-20)17-19-18-15-7-1-2-9-21(15)17/h1-2,7,9,13-14H,3-6,8,10-12H2/t13-,14+/m1/s1. The van der Waals surface area contributed by atoms with Gasteiger partial charge in [-0.15, -0.1) is 10.2 Å². The van der Waals surface area contributed by atoms with Gasteiger partial charge in [0.25, 0.3) is 0 Å². The van der Waals surface area contributed by atoms with Crippen LogP contribution in [0.5, 0.6) is 0 Å². The molecule has 6 heteroatoms. The molecule has 0 spiro atoms. The van der Waals surface area contributed by atoms with Gasteiger partial charge in [-0.25, -0.2) is 0 Å². The summed E-state index contributed by atoms with van der Waals surface area (Å²) < 4.78 is 7.64. The highest BCUT2D eigenvalue weighted by Crippen LogP contribution is 2.27. The Morgan fingerprint density at radius 1 is 1.26 bits per heavy atom. The van der Waals surface area contributed by atoms with E-state index in [0.29, 0.717) is 6.42 Å². The number of amides is 1. The summed E-state index contributed by atoms with van der Waals surface area (Å²) in [5.74, 6) is 1.44. The summed E-state index contributed by atoms with van der Waals surface area (Å²) in [6.45, 7) is 2.38. The molecule has 0 unspecified atom stereocenters. The van der Waals surface area contributed by atoms with E-state index in [2.05, 4.69) is 10.2 Å². The summed E-state index contributed by atoms with van der Waals surface area (Å²) in [6.07, 6.45) is 6.80. The van der Waals surface area contributed by atoms with E-state index in [4.69, 9.17) is 4.74 Å². The third-order valence-corrected chi connectivity index (χ3v) is 4.91. The van der Waals surface area contributed by atoms with Crippen LogP contribution < -0.4 is 0 Å². The second-order valence-corrected chi connectivity index (χ2v) is 6.51. The van der Waals surface area contributed by atoms with Crippen LogP contribution in [0.25, 0.3) is 5.65 Å². The zero-order chi connectivity index (χ0) is 15.6. The van der Waals surface area contributed by atoms with E-state index in [0.717, 1.165) is 56.9 Å². The molecule has 1 amide bonds. The highest BCUT2D eigenvalue weighted by Gasteiger charge is 2.29. The van der Waals surface area contributed by atoms with Crippen LogP contribution in [-0.2, 0) is 9.53 Å². The van der Waals surface area contributed by atoms with Gasteiger partial charge in [0.05, 0.1) is 12.5 Å². The van der Waals surface area contributed by atoms with Crippen molar-refractivity contribution in [1.29, 1.82) is 0 Å². The van der Waals surface area contributed by atoms with Gasteiger partial charge >= 0.3 is 0 Å². The van der Waals surface area contributed by atoms with Crippen LogP contribution in [-0.4, -0.2) is 51.2 Å². The Hall–Kier alpha value is -1.95. The molecule has 2 aliphatic rings. The number of hydrogen-bond acceptors (Lipinski definition) is 4. The number of carbonyl (C=O) groups excluding carboxylic acids is 1. The molecule has 0 saturated carbocycles. The Bertz CT molecular complexity index is 693. The van der Waals surface area contributed by atoms with Crippen LogP contribution in [0.2, 0.25) is 0 Å². The SMILES string of the molecule is O=C(C[C@@H]1CCCO1)N1CCC[C@@H](c2nnc3ccccn23)C1. The van der Waals surface area contributed by atoms with Crippen molar-refractivity contribution in [3.8, 4) is 0 Å². The van der Waals surface area contributed by atoms with E-state index in [-0.39, 0.29) is 17.9 Å². The molecule has 2 saturated heterocycles. The molecule has 4 heterocycles. The highest BCUT2D eigenvalue weighted by atomic mass is 16.5. The average Bonchev–Trinajstić information content (AvgIpc) is 3.24. The van der Waals surface area contributed by atoms with Gasteiger partial charge in [0.1, 0.15) is 5.82 Å². The number of nitrogens with zero attached hydrogens (tertiary/aromatic N) is 4. The Balaban J connectivity index is 1.47. The van der Waals surface area contributed by atoms with Crippen molar-refractivity contribution in [2.24, 2.45) is 0 Å². The number of pyridine rings is 1. The van der Waals surface area contributed by atoms with Crippen LogP contribution in [0, 0.1) is 0 Å². The van der Waals surface area contributed by atoms with Crippen LogP contribution in [0.1, 0.15) is 43.8 Å². The predicted molar refractivity (Wildman–Crippen MR) is 85.1 cm³/mol. The van der Waals surface area contributed by atoms with E-state index < -0.39 is 0 Å². The van der Waals surface area contributed by atoms with Gasteiger partial charge in [-0.05, 0) is 37.8 Å². The molecule has 6 nitrogen and oxygen atoms in total. The third kappa shape index (κ3) is 2.95. The number of hydrogen-bond donors (Lipinski definition) is 0. The monoisotopic (exact) mass is 314 g/mol. The van der Waals surface area contributed by atoms with Crippen LogP contribution in [0.4, 0.5) is 0 Å². The lowest BCUT2D eigenvalue weighted by Crippen LogP contribution is -2.40. The maximum Gasteiger partial charge on any atom is 0.225 e. The van der Waals surface area contributed by atoms with Gasteiger partial charge in [-0.3, -0.25) is 9.20 Å². The largest absolute Gasteiger partial charge is 0.378 e. The van der Waals surface area contributed by atoms with Crippen LogP contribution in [0.15, 0.2) is 24.4 Å². The first kappa shape index (κ1) is 14.6. The van der Waals surface area contributed by atoms with Crippen molar-refractivity contribution in [3.63, 3.8) is 0 Å².